The summed E-state index contributed by atoms with van der Waals surface area (Å²) in [5, 5.41) is 4.19. The molecule has 108 valence electrons. The molecule has 1 aromatic carbocycles. The zero-order valence-electron chi connectivity index (χ0n) is 11.6. The van der Waals surface area contributed by atoms with Crippen molar-refractivity contribution >= 4 is 43.4 Å². The molecule has 0 aliphatic carbocycles. The van der Waals surface area contributed by atoms with Crippen LogP contribution in [0.15, 0.2) is 39.9 Å². The maximum absolute atomic E-state index is 12.2. The Morgan fingerprint density at radius 3 is 2.90 bits per heavy atom. The Balaban J connectivity index is 2.09. The van der Waals surface area contributed by atoms with Crippen molar-refractivity contribution in [1.29, 1.82) is 0 Å². The van der Waals surface area contributed by atoms with Gasteiger partial charge in [0.05, 0.1) is 10.2 Å². The van der Waals surface area contributed by atoms with Gasteiger partial charge in [-0.3, -0.25) is 9.48 Å². The standard InChI is InChI=1S/C14H13BrN4OS/c1-3-19-8-7-10(17-19)13(20)16-14-18(2)12-9(15)5-4-6-11(12)21-14/h4-8H,3H2,1-2H3. The van der Waals surface area contributed by atoms with Gasteiger partial charge >= 0.3 is 0 Å². The Morgan fingerprint density at radius 2 is 2.24 bits per heavy atom. The molecule has 0 aliphatic heterocycles. The topological polar surface area (TPSA) is 52.2 Å². The number of carbonyl (C=O) groups excluding carboxylic acids is 1. The first-order valence-electron chi connectivity index (χ1n) is 6.46. The Bertz CT molecular complexity index is 890. The summed E-state index contributed by atoms with van der Waals surface area (Å²) in [6, 6.07) is 7.65. The molecule has 5 nitrogen and oxygen atoms in total. The number of hydrogen-bond acceptors (Lipinski definition) is 3. The largest absolute Gasteiger partial charge is 0.318 e. The van der Waals surface area contributed by atoms with Gasteiger partial charge in [-0.1, -0.05) is 17.4 Å². The van der Waals surface area contributed by atoms with Gasteiger partial charge < -0.3 is 4.57 Å². The van der Waals surface area contributed by atoms with E-state index in [1.807, 2.05) is 36.7 Å². The molecule has 0 atom stereocenters. The number of fused-ring (bicyclic) bond motifs is 1. The lowest BCUT2D eigenvalue weighted by molar-refractivity contribution is 0.0992. The molecule has 0 saturated heterocycles. The van der Waals surface area contributed by atoms with Crippen LogP contribution in [0.5, 0.6) is 0 Å². The van der Waals surface area contributed by atoms with Crippen LogP contribution in [-0.4, -0.2) is 20.3 Å². The summed E-state index contributed by atoms with van der Waals surface area (Å²) < 4.78 is 5.70. The molecule has 3 aromatic rings. The molecule has 0 radical (unpaired) electrons. The Kier molecular flexibility index (Phi) is 3.77. The number of para-hydroxylation sites is 1. The average Bonchev–Trinajstić information content (AvgIpc) is 3.05. The predicted octanol–water partition coefficient (Wildman–Crippen LogP) is 2.96. The first-order valence-corrected chi connectivity index (χ1v) is 8.07. The van der Waals surface area contributed by atoms with Gasteiger partial charge in [-0.05, 0) is 41.1 Å². The van der Waals surface area contributed by atoms with Crippen molar-refractivity contribution in [3.63, 3.8) is 0 Å². The third-order valence-corrected chi connectivity index (χ3v) is 4.89. The van der Waals surface area contributed by atoms with E-state index < -0.39 is 0 Å². The lowest BCUT2D eigenvalue weighted by atomic mass is 10.3. The van der Waals surface area contributed by atoms with Crippen LogP contribution in [0.1, 0.15) is 17.4 Å². The smallest absolute Gasteiger partial charge is 0.300 e. The highest BCUT2D eigenvalue weighted by Crippen LogP contribution is 2.24. The minimum Gasteiger partial charge on any atom is -0.318 e. The van der Waals surface area contributed by atoms with E-state index >= 15 is 0 Å². The highest BCUT2D eigenvalue weighted by Gasteiger charge is 2.10. The summed E-state index contributed by atoms with van der Waals surface area (Å²) in [4.78, 5) is 17.1. The van der Waals surface area contributed by atoms with Gasteiger partial charge in [0.25, 0.3) is 5.91 Å². The van der Waals surface area contributed by atoms with E-state index in [9.17, 15) is 4.79 Å². The van der Waals surface area contributed by atoms with Crippen molar-refractivity contribution in [2.75, 3.05) is 0 Å². The van der Waals surface area contributed by atoms with Gasteiger partial charge in [0.1, 0.15) is 0 Å². The maximum atomic E-state index is 12.2. The van der Waals surface area contributed by atoms with Crippen LogP contribution in [-0.2, 0) is 13.6 Å². The molecule has 1 amide bonds. The van der Waals surface area contributed by atoms with Crippen molar-refractivity contribution < 1.29 is 4.79 Å². The van der Waals surface area contributed by atoms with Crippen LogP contribution in [0, 0.1) is 0 Å². The second-order valence-electron chi connectivity index (χ2n) is 4.50. The summed E-state index contributed by atoms with van der Waals surface area (Å²) in [7, 11) is 1.90. The molecule has 0 spiro atoms. The van der Waals surface area contributed by atoms with E-state index in [2.05, 4.69) is 26.0 Å². The molecule has 0 fully saturated rings. The minimum absolute atomic E-state index is 0.319. The molecule has 2 aromatic heterocycles. The van der Waals surface area contributed by atoms with E-state index in [1.54, 1.807) is 16.9 Å². The van der Waals surface area contributed by atoms with Crippen LogP contribution < -0.4 is 4.80 Å². The quantitative estimate of drug-likeness (QED) is 0.701. The molecule has 7 heteroatoms. The number of thiazole rings is 1. The Labute approximate surface area is 133 Å². The van der Waals surface area contributed by atoms with Crippen LogP contribution in [0.3, 0.4) is 0 Å². The van der Waals surface area contributed by atoms with Crippen LogP contribution in [0.4, 0.5) is 0 Å². The second kappa shape index (κ2) is 5.57. The summed E-state index contributed by atoms with van der Waals surface area (Å²) in [6.45, 7) is 2.71. The van der Waals surface area contributed by atoms with Crippen molar-refractivity contribution in [1.82, 2.24) is 14.3 Å². The number of benzene rings is 1. The zero-order chi connectivity index (χ0) is 15.0. The van der Waals surface area contributed by atoms with Gasteiger partial charge in [-0.2, -0.15) is 10.1 Å². The normalized spacial score (nSPS) is 12.2. The van der Waals surface area contributed by atoms with E-state index in [4.69, 9.17) is 0 Å². The number of carbonyl (C=O) groups is 1. The fourth-order valence-corrected chi connectivity index (χ4v) is 3.87. The number of aryl methyl sites for hydroxylation is 2. The second-order valence-corrected chi connectivity index (χ2v) is 6.37. The molecule has 2 heterocycles. The first kappa shape index (κ1) is 14.2. The van der Waals surface area contributed by atoms with E-state index in [0.29, 0.717) is 10.5 Å². The minimum atomic E-state index is -0.319. The van der Waals surface area contributed by atoms with Crippen LogP contribution >= 0.6 is 27.3 Å². The van der Waals surface area contributed by atoms with E-state index in [0.717, 1.165) is 21.2 Å². The first-order chi connectivity index (χ1) is 10.1. The van der Waals surface area contributed by atoms with Gasteiger partial charge in [0.2, 0.25) is 0 Å². The summed E-state index contributed by atoms with van der Waals surface area (Å²) in [6.07, 6.45) is 1.78. The summed E-state index contributed by atoms with van der Waals surface area (Å²) in [5.41, 5.74) is 1.40. The van der Waals surface area contributed by atoms with Gasteiger partial charge in [0.15, 0.2) is 10.5 Å². The molecule has 0 saturated carbocycles. The number of hydrogen-bond donors (Lipinski definition) is 0. The van der Waals surface area contributed by atoms with Crippen molar-refractivity contribution in [3.8, 4) is 0 Å². The number of nitrogens with zero attached hydrogens (tertiary/aromatic N) is 4. The zero-order valence-corrected chi connectivity index (χ0v) is 14.0. The molecule has 0 N–H and O–H groups in total. The van der Waals surface area contributed by atoms with E-state index in [-0.39, 0.29) is 5.91 Å². The SMILES string of the molecule is CCn1ccc(C(=O)N=c2sc3cccc(Br)c3n2C)n1. The van der Waals surface area contributed by atoms with Crippen molar-refractivity contribution in [3.05, 3.63) is 45.4 Å². The number of aromatic nitrogens is 3. The Morgan fingerprint density at radius 1 is 1.43 bits per heavy atom. The highest BCUT2D eigenvalue weighted by atomic mass is 79.9. The van der Waals surface area contributed by atoms with Gasteiger partial charge in [0, 0.05) is 24.3 Å². The monoisotopic (exact) mass is 364 g/mol. The third-order valence-electron chi connectivity index (χ3n) is 3.15. The predicted molar refractivity (Wildman–Crippen MR) is 86.3 cm³/mol. The lowest BCUT2D eigenvalue weighted by Gasteiger charge is -1.97. The van der Waals surface area contributed by atoms with E-state index in [1.165, 1.54) is 11.3 Å². The lowest BCUT2D eigenvalue weighted by Crippen LogP contribution is -2.14. The molecule has 0 unspecified atom stereocenters. The fraction of sp³-hybridized carbons (Fsp3) is 0.214. The Hall–Kier alpha value is -1.73. The highest BCUT2D eigenvalue weighted by molar-refractivity contribution is 9.10. The average molecular weight is 365 g/mol. The maximum Gasteiger partial charge on any atom is 0.300 e. The molecular formula is C14H13BrN4OS. The van der Waals surface area contributed by atoms with Crippen molar-refractivity contribution in [2.45, 2.75) is 13.5 Å². The third kappa shape index (κ3) is 2.58. The van der Waals surface area contributed by atoms with Crippen molar-refractivity contribution in [2.24, 2.45) is 12.0 Å². The van der Waals surface area contributed by atoms with Gasteiger partial charge in [-0.15, -0.1) is 0 Å². The number of halogens is 1. The fourth-order valence-electron chi connectivity index (χ4n) is 2.06. The van der Waals surface area contributed by atoms with Crippen LogP contribution in [0.25, 0.3) is 10.2 Å². The molecule has 21 heavy (non-hydrogen) atoms. The molecule has 3 rings (SSSR count). The number of rotatable bonds is 2. The van der Waals surface area contributed by atoms with Crippen LogP contribution in [0.2, 0.25) is 0 Å². The van der Waals surface area contributed by atoms with Gasteiger partial charge in [-0.25, -0.2) is 0 Å². The summed E-state index contributed by atoms with van der Waals surface area (Å²) in [5.74, 6) is -0.319. The summed E-state index contributed by atoms with van der Waals surface area (Å²) >= 11 is 5.01. The number of amides is 1. The molecular weight excluding hydrogens is 352 g/mol. The molecule has 0 bridgehead atoms. The molecule has 0 aliphatic rings.